The second-order valence-electron chi connectivity index (χ2n) is 7.51. The third-order valence-corrected chi connectivity index (χ3v) is 5.84. The Morgan fingerprint density at radius 3 is 2.35 bits per heavy atom. The van der Waals surface area contributed by atoms with E-state index in [4.69, 9.17) is 27.9 Å². The minimum absolute atomic E-state index is 0.0133. The number of non-ortho nitro benzene ring substituents is 1. The molecule has 0 fully saturated rings. The van der Waals surface area contributed by atoms with Crippen molar-refractivity contribution in [3.8, 4) is 0 Å². The van der Waals surface area contributed by atoms with Crippen LogP contribution in [-0.2, 0) is 11.2 Å². The van der Waals surface area contributed by atoms with Gasteiger partial charge in [-0.15, -0.1) is 0 Å². The number of hydrogen-bond acceptors (Lipinski definition) is 5. The number of pyridine rings is 1. The van der Waals surface area contributed by atoms with Crippen molar-refractivity contribution < 1.29 is 19.2 Å². The first kappa shape index (κ1) is 23.5. The quantitative estimate of drug-likeness (QED) is 0.132. The predicted molar refractivity (Wildman–Crippen MR) is 129 cm³/mol. The van der Waals surface area contributed by atoms with Crippen molar-refractivity contribution in [3.05, 3.63) is 115 Å². The van der Waals surface area contributed by atoms with Crippen LogP contribution < -0.4 is 0 Å². The Bertz CT molecular complexity index is 1430. The predicted octanol–water partition coefficient (Wildman–Crippen LogP) is 6.15. The Hall–Kier alpha value is -3.68. The van der Waals surface area contributed by atoms with Gasteiger partial charge < -0.3 is 9.14 Å². The van der Waals surface area contributed by atoms with Crippen LogP contribution in [-0.4, -0.2) is 27.7 Å². The van der Waals surface area contributed by atoms with Crippen molar-refractivity contribution in [3.63, 3.8) is 0 Å². The Balaban J connectivity index is 1.77. The van der Waals surface area contributed by atoms with Gasteiger partial charge in [0.05, 0.1) is 33.3 Å². The number of halogens is 2. The lowest BCUT2D eigenvalue weighted by Crippen LogP contribution is -2.06. The molecule has 0 aliphatic carbocycles. The van der Waals surface area contributed by atoms with E-state index in [-0.39, 0.29) is 39.9 Å². The zero-order valence-electron chi connectivity index (χ0n) is 18.0. The Morgan fingerprint density at radius 2 is 1.71 bits per heavy atom. The number of hydrogen-bond donors (Lipinski definition) is 0. The van der Waals surface area contributed by atoms with Gasteiger partial charge in [-0.2, -0.15) is 0 Å². The number of nitrogens with zero attached hydrogens (tertiary/aromatic N) is 2. The fraction of sp³-hybridized carbons (Fsp3) is 0.120. The number of esters is 1. The van der Waals surface area contributed by atoms with Gasteiger partial charge in [-0.05, 0) is 60.9 Å². The van der Waals surface area contributed by atoms with E-state index in [1.165, 1.54) is 24.3 Å². The summed E-state index contributed by atoms with van der Waals surface area (Å²) < 4.78 is 6.82. The van der Waals surface area contributed by atoms with Gasteiger partial charge in [-0.1, -0.05) is 35.3 Å². The Labute approximate surface area is 204 Å². The number of benzene rings is 2. The van der Waals surface area contributed by atoms with Gasteiger partial charge in [0.2, 0.25) is 5.78 Å². The first-order chi connectivity index (χ1) is 16.3. The Kier molecular flexibility index (Phi) is 6.68. The highest BCUT2D eigenvalue weighted by Crippen LogP contribution is 2.27. The molecule has 4 rings (SSSR count). The monoisotopic (exact) mass is 496 g/mol. The number of nitro groups is 1. The molecule has 2 aromatic heterocycles. The highest BCUT2D eigenvalue weighted by Gasteiger charge is 2.23. The van der Waals surface area contributed by atoms with Crippen LogP contribution in [0.2, 0.25) is 10.0 Å². The summed E-state index contributed by atoms with van der Waals surface area (Å²) in [6.45, 7) is 1.89. The van der Waals surface area contributed by atoms with Gasteiger partial charge in [0.25, 0.3) is 5.69 Å². The van der Waals surface area contributed by atoms with Crippen LogP contribution in [0.25, 0.3) is 5.52 Å². The summed E-state index contributed by atoms with van der Waals surface area (Å²) in [5.74, 6) is -0.913. The molecular weight excluding hydrogens is 479 g/mol. The minimum atomic E-state index is -0.547. The Morgan fingerprint density at radius 1 is 0.971 bits per heavy atom. The molecular formula is C25H18Cl2N2O5. The number of ketones is 1. The van der Waals surface area contributed by atoms with Gasteiger partial charge in [0.1, 0.15) is 0 Å². The van der Waals surface area contributed by atoms with E-state index >= 15 is 0 Å². The molecule has 2 aromatic carbocycles. The minimum Gasteiger partial charge on any atom is -0.462 e. The summed E-state index contributed by atoms with van der Waals surface area (Å²) in [5.41, 5.74) is 3.00. The van der Waals surface area contributed by atoms with Crippen molar-refractivity contribution in [1.82, 2.24) is 4.40 Å². The van der Waals surface area contributed by atoms with E-state index in [9.17, 15) is 19.7 Å². The second kappa shape index (κ2) is 9.67. The number of carbonyl (C=O) groups is 2. The largest absolute Gasteiger partial charge is 0.462 e. The van der Waals surface area contributed by atoms with E-state index < -0.39 is 10.9 Å². The molecule has 0 radical (unpaired) electrons. The first-order valence-electron chi connectivity index (χ1n) is 10.3. The summed E-state index contributed by atoms with van der Waals surface area (Å²) in [6, 6.07) is 16.0. The van der Waals surface area contributed by atoms with E-state index in [1.54, 1.807) is 47.9 Å². The summed E-state index contributed by atoms with van der Waals surface area (Å²) in [5, 5.41) is 11.5. The summed E-state index contributed by atoms with van der Waals surface area (Å²) in [6.07, 6.45) is 2.18. The molecule has 34 heavy (non-hydrogen) atoms. The standard InChI is InChI=1S/C25H18Cl2N2O5/c1-2-34-25(31)20-14-23(24(30)19-8-5-17(26)13-21(19)27)28-10-9-16(12-22(20)28)11-15-3-6-18(7-4-15)29(32)33/h3-10,12-14H,2,11H2,1H3. The first-order valence-corrected chi connectivity index (χ1v) is 11.1. The van der Waals surface area contributed by atoms with E-state index in [0.717, 1.165) is 11.1 Å². The van der Waals surface area contributed by atoms with Crippen LogP contribution >= 0.6 is 23.2 Å². The molecule has 0 unspecified atom stereocenters. The summed E-state index contributed by atoms with van der Waals surface area (Å²) in [7, 11) is 0. The topological polar surface area (TPSA) is 90.9 Å². The number of aromatic nitrogens is 1. The lowest BCUT2D eigenvalue weighted by Gasteiger charge is -2.08. The van der Waals surface area contributed by atoms with Crippen LogP contribution in [0.5, 0.6) is 0 Å². The molecule has 4 aromatic rings. The van der Waals surface area contributed by atoms with Gasteiger partial charge >= 0.3 is 5.97 Å². The van der Waals surface area contributed by atoms with Crippen LogP contribution in [0.3, 0.4) is 0 Å². The van der Waals surface area contributed by atoms with Gasteiger partial charge in [0.15, 0.2) is 0 Å². The van der Waals surface area contributed by atoms with Crippen LogP contribution in [0.1, 0.15) is 44.5 Å². The number of rotatable bonds is 7. The summed E-state index contributed by atoms with van der Waals surface area (Å²) >= 11 is 12.2. The molecule has 0 aliphatic rings. The zero-order chi connectivity index (χ0) is 24.4. The molecule has 0 saturated heterocycles. The molecule has 0 saturated carbocycles. The molecule has 0 amide bonds. The lowest BCUT2D eigenvalue weighted by molar-refractivity contribution is -0.384. The maximum absolute atomic E-state index is 13.3. The fourth-order valence-corrected chi connectivity index (χ4v) is 4.18. The number of carbonyl (C=O) groups excluding carboxylic acids is 2. The maximum atomic E-state index is 13.3. The number of fused-ring (bicyclic) bond motifs is 1. The molecule has 0 aliphatic heterocycles. The van der Waals surface area contributed by atoms with Crippen LogP contribution in [0.15, 0.2) is 66.9 Å². The highest BCUT2D eigenvalue weighted by atomic mass is 35.5. The smallest absolute Gasteiger partial charge is 0.340 e. The molecule has 0 N–H and O–H groups in total. The van der Waals surface area contributed by atoms with Crippen molar-refractivity contribution in [2.45, 2.75) is 13.3 Å². The summed E-state index contributed by atoms with van der Waals surface area (Å²) in [4.78, 5) is 36.4. The molecule has 172 valence electrons. The van der Waals surface area contributed by atoms with E-state index in [1.807, 2.05) is 6.07 Å². The normalized spacial score (nSPS) is 10.9. The maximum Gasteiger partial charge on any atom is 0.340 e. The van der Waals surface area contributed by atoms with Crippen molar-refractivity contribution in [1.29, 1.82) is 0 Å². The van der Waals surface area contributed by atoms with Crippen molar-refractivity contribution in [2.24, 2.45) is 0 Å². The van der Waals surface area contributed by atoms with Gasteiger partial charge in [-0.25, -0.2) is 4.79 Å². The number of ether oxygens (including phenoxy) is 1. The molecule has 0 atom stereocenters. The second-order valence-corrected chi connectivity index (χ2v) is 8.35. The van der Waals surface area contributed by atoms with E-state index in [0.29, 0.717) is 17.0 Å². The average Bonchev–Trinajstić information content (AvgIpc) is 3.18. The average molecular weight is 497 g/mol. The lowest BCUT2D eigenvalue weighted by atomic mass is 10.0. The fourth-order valence-electron chi connectivity index (χ4n) is 3.68. The zero-order valence-corrected chi connectivity index (χ0v) is 19.5. The molecule has 2 heterocycles. The van der Waals surface area contributed by atoms with Crippen molar-refractivity contribution in [2.75, 3.05) is 6.61 Å². The van der Waals surface area contributed by atoms with Gasteiger partial charge in [-0.3, -0.25) is 14.9 Å². The SMILES string of the molecule is CCOC(=O)c1cc(C(=O)c2ccc(Cl)cc2Cl)n2ccc(Cc3ccc([N+](=O)[O-])cc3)cc12. The highest BCUT2D eigenvalue weighted by molar-refractivity contribution is 6.37. The number of nitro benzene ring substituents is 1. The van der Waals surface area contributed by atoms with Gasteiger partial charge in [0, 0.05) is 28.9 Å². The molecule has 7 nitrogen and oxygen atoms in total. The van der Waals surface area contributed by atoms with Crippen LogP contribution in [0.4, 0.5) is 5.69 Å². The molecule has 0 spiro atoms. The van der Waals surface area contributed by atoms with Crippen molar-refractivity contribution >= 4 is 46.2 Å². The third-order valence-electron chi connectivity index (χ3n) is 5.30. The van der Waals surface area contributed by atoms with Crippen LogP contribution in [0, 0.1) is 10.1 Å². The molecule has 0 bridgehead atoms. The van der Waals surface area contributed by atoms with E-state index in [2.05, 4.69) is 0 Å². The molecule has 9 heteroatoms. The third kappa shape index (κ3) is 4.66.